The van der Waals surface area contributed by atoms with Crippen LogP contribution in [0.15, 0.2) is 84.1 Å². The van der Waals surface area contributed by atoms with Gasteiger partial charge in [-0.25, -0.2) is 23.9 Å². The first-order valence-electron chi connectivity index (χ1n) is 14.0. The maximum Gasteiger partial charge on any atom is 0.276 e. The van der Waals surface area contributed by atoms with E-state index < -0.39 is 5.95 Å². The molecule has 0 spiro atoms. The molecule has 1 aliphatic rings. The minimum Gasteiger partial charge on any atom is -0.364 e. The number of hydrogen-bond acceptors (Lipinski definition) is 8. The lowest BCUT2D eigenvalue weighted by molar-refractivity contribution is 0.0684. The van der Waals surface area contributed by atoms with Crippen molar-refractivity contribution in [3.05, 3.63) is 108 Å². The zero-order valence-corrected chi connectivity index (χ0v) is 23.2. The molecule has 1 saturated heterocycles. The Morgan fingerprint density at radius 2 is 1.80 bits per heavy atom. The molecule has 1 aromatic carbocycles. The topological polar surface area (TPSA) is 124 Å². The summed E-state index contributed by atoms with van der Waals surface area (Å²) < 4.78 is 35.8. The van der Waals surface area contributed by atoms with Gasteiger partial charge in [-0.05, 0) is 55.3 Å². The Balaban J connectivity index is 1.20. The number of rotatable bonds is 7. The molecule has 0 radical (unpaired) electrons. The Bertz CT molecular complexity index is 1980. The molecule has 220 valence electrons. The number of pyridine rings is 1. The van der Waals surface area contributed by atoms with Gasteiger partial charge in [0, 0.05) is 48.6 Å². The van der Waals surface area contributed by atoms with E-state index in [0.717, 1.165) is 17.3 Å². The van der Waals surface area contributed by atoms with Gasteiger partial charge in [-0.15, -0.1) is 0 Å². The van der Waals surface area contributed by atoms with Crippen molar-refractivity contribution in [1.29, 1.82) is 0 Å². The third-order valence-electron chi connectivity index (χ3n) is 7.72. The Hall–Kier alpha value is -5.59. The third kappa shape index (κ3) is 5.23. The van der Waals surface area contributed by atoms with E-state index in [1.165, 1.54) is 30.7 Å². The molecule has 6 heterocycles. The summed E-state index contributed by atoms with van der Waals surface area (Å²) in [5, 5.41) is 8.59. The second-order valence-corrected chi connectivity index (χ2v) is 10.5. The molecule has 0 saturated carbocycles. The monoisotopic (exact) mass is 594 g/mol. The fraction of sp³-hybridized carbons (Fsp3) is 0.194. The molecular formula is C31H24F2N8O3. The summed E-state index contributed by atoms with van der Waals surface area (Å²) in [4.78, 5) is 40.0. The standard InChI is InChI=1S/C31H24F2N8O3/c32-21-3-1-19(2-4-21)29-30(40(18-35-29)23-8-12-39(13-9-23)31(43)25-10-14-44-38-25)24-5-6-28-36-22(17-41(28)37-24)16-26(42)20-7-11-34-27(33)15-20/h1-7,10-11,14-15,17-18,23H,8-9,12-13,16H2. The van der Waals surface area contributed by atoms with Gasteiger partial charge in [0.15, 0.2) is 17.1 Å². The molecule has 0 atom stereocenters. The molecule has 1 amide bonds. The second-order valence-electron chi connectivity index (χ2n) is 10.5. The van der Waals surface area contributed by atoms with Gasteiger partial charge >= 0.3 is 0 Å². The number of nitrogens with zero attached hydrogens (tertiary/aromatic N) is 8. The van der Waals surface area contributed by atoms with Crippen molar-refractivity contribution in [2.24, 2.45) is 0 Å². The number of piperidine rings is 1. The van der Waals surface area contributed by atoms with Crippen molar-refractivity contribution in [3.8, 4) is 22.6 Å². The van der Waals surface area contributed by atoms with E-state index in [1.807, 2.05) is 6.07 Å². The number of likely N-dealkylation sites (tertiary alicyclic amines) is 1. The summed E-state index contributed by atoms with van der Waals surface area (Å²) >= 11 is 0. The van der Waals surface area contributed by atoms with Crippen molar-refractivity contribution in [3.63, 3.8) is 0 Å². The van der Waals surface area contributed by atoms with E-state index in [9.17, 15) is 18.4 Å². The summed E-state index contributed by atoms with van der Waals surface area (Å²) in [6.07, 6.45) is 7.36. The number of benzene rings is 1. The molecule has 0 N–H and O–H groups in total. The highest BCUT2D eigenvalue weighted by molar-refractivity contribution is 5.97. The number of imidazole rings is 2. The first kappa shape index (κ1) is 27.3. The maximum atomic E-state index is 13.8. The number of carbonyl (C=O) groups excluding carboxylic acids is 2. The normalized spacial score (nSPS) is 13.9. The summed E-state index contributed by atoms with van der Waals surface area (Å²) in [7, 11) is 0. The van der Waals surface area contributed by atoms with Gasteiger partial charge in [0.1, 0.15) is 17.8 Å². The van der Waals surface area contributed by atoms with Crippen LogP contribution in [0.25, 0.3) is 28.3 Å². The fourth-order valence-electron chi connectivity index (χ4n) is 5.53. The van der Waals surface area contributed by atoms with Crippen LogP contribution in [0.5, 0.6) is 0 Å². The molecule has 6 aromatic rings. The van der Waals surface area contributed by atoms with E-state index in [1.54, 1.807) is 46.2 Å². The summed E-state index contributed by atoms with van der Waals surface area (Å²) in [6.45, 7) is 1.04. The largest absolute Gasteiger partial charge is 0.364 e. The molecule has 0 aliphatic carbocycles. The fourth-order valence-corrected chi connectivity index (χ4v) is 5.53. The molecule has 1 fully saturated rings. The van der Waals surface area contributed by atoms with Crippen LogP contribution in [0.4, 0.5) is 8.78 Å². The number of halogens is 2. The molecule has 11 nitrogen and oxygen atoms in total. The lowest BCUT2D eigenvalue weighted by Gasteiger charge is -2.33. The first-order chi connectivity index (χ1) is 21.4. The van der Waals surface area contributed by atoms with E-state index in [2.05, 4.69) is 19.7 Å². The molecule has 7 rings (SSSR count). The van der Waals surface area contributed by atoms with Gasteiger partial charge in [-0.3, -0.25) is 9.59 Å². The highest BCUT2D eigenvalue weighted by Gasteiger charge is 2.29. The Labute approximate surface area is 248 Å². The zero-order chi connectivity index (χ0) is 30.2. The Morgan fingerprint density at radius 1 is 0.977 bits per heavy atom. The van der Waals surface area contributed by atoms with Crippen LogP contribution in [0, 0.1) is 11.8 Å². The second kappa shape index (κ2) is 11.2. The van der Waals surface area contributed by atoms with Crippen LogP contribution in [0.2, 0.25) is 0 Å². The smallest absolute Gasteiger partial charge is 0.276 e. The minimum atomic E-state index is -0.724. The average Bonchev–Trinajstić information content (AvgIpc) is 3.81. The molecule has 1 aliphatic heterocycles. The molecule has 44 heavy (non-hydrogen) atoms. The van der Waals surface area contributed by atoms with Gasteiger partial charge in [-0.1, -0.05) is 5.16 Å². The lowest BCUT2D eigenvalue weighted by atomic mass is 10.0. The van der Waals surface area contributed by atoms with E-state index in [4.69, 9.17) is 14.6 Å². The van der Waals surface area contributed by atoms with Crippen LogP contribution < -0.4 is 0 Å². The van der Waals surface area contributed by atoms with Gasteiger partial charge < -0.3 is 14.0 Å². The number of aromatic nitrogens is 7. The van der Waals surface area contributed by atoms with Gasteiger partial charge in [0.05, 0.1) is 36.0 Å². The number of Topliss-reactive ketones (excluding diaryl/α,β-unsaturated/α-hetero) is 1. The molecule has 13 heteroatoms. The summed E-state index contributed by atoms with van der Waals surface area (Å²) in [6, 6.07) is 13.9. The number of fused-ring (bicyclic) bond motifs is 1. The van der Waals surface area contributed by atoms with Crippen molar-refractivity contribution in [2.75, 3.05) is 13.1 Å². The third-order valence-corrected chi connectivity index (χ3v) is 7.72. The first-order valence-corrected chi connectivity index (χ1v) is 14.0. The van der Waals surface area contributed by atoms with Gasteiger partial charge in [0.2, 0.25) is 5.95 Å². The minimum absolute atomic E-state index is 0.0160. The van der Waals surface area contributed by atoms with Crippen LogP contribution in [-0.4, -0.2) is 64.0 Å². The van der Waals surface area contributed by atoms with Crippen molar-refractivity contribution in [2.45, 2.75) is 25.3 Å². The van der Waals surface area contributed by atoms with Crippen molar-refractivity contribution < 1.29 is 22.9 Å². The quantitative estimate of drug-likeness (QED) is 0.190. The Kier molecular flexibility index (Phi) is 6.97. The van der Waals surface area contributed by atoms with Gasteiger partial charge in [-0.2, -0.15) is 9.49 Å². The lowest BCUT2D eigenvalue weighted by Crippen LogP contribution is -2.39. The van der Waals surface area contributed by atoms with Crippen LogP contribution in [-0.2, 0) is 6.42 Å². The van der Waals surface area contributed by atoms with Gasteiger partial charge in [0.25, 0.3) is 5.91 Å². The predicted octanol–water partition coefficient (Wildman–Crippen LogP) is 4.82. The van der Waals surface area contributed by atoms with Crippen molar-refractivity contribution >= 4 is 17.3 Å². The van der Waals surface area contributed by atoms with Crippen molar-refractivity contribution in [1.82, 2.24) is 39.2 Å². The van der Waals surface area contributed by atoms with E-state index in [0.29, 0.717) is 48.7 Å². The van der Waals surface area contributed by atoms with Crippen LogP contribution in [0.1, 0.15) is 45.4 Å². The average molecular weight is 595 g/mol. The van der Waals surface area contributed by atoms with Crippen LogP contribution in [0.3, 0.4) is 0 Å². The molecule has 0 bridgehead atoms. The number of amides is 1. The van der Waals surface area contributed by atoms with E-state index in [-0.39, 0.29) is 41.2 Å². The number of ketones is 1. The van der Waals surface area contributed by atoms with E-state index >= 15 is 0 Å². The number of hydrogen-bond donors (Lipinski definition) is 0. The SMILES string of the molecule is O=C(Cc1cn2nc(-c3c(-c4ccc(F)cc4)ncn3C3CCN(C(=O)c4ccon4)CC3)ccc2n1)c1ccnc(F)c1. The Morgan fingerprint density at radius 3 is 2.55 bits per heavy atom. The summed E-state index contributed by atoms with van der Waals surface area (Å²) in [5.74, 6) is -1.54. The highest BCUT2D eigenvalue weighted by Crippen LogP contribution is 2.35. The van der Waals surface area contributed by atoms with Crippen LogP contribution >= 0.6 is 0 Å². The summed E-state index contributed by atoms with van der Waals surface area (Å²) in [5.41, 5.74) is 4.19. The molecule has 5 aromatic heterocycles. The molecular weight excluding hydrogens is 570 g/mol. The highest BCUT2D eigenvalue weighted by atomic mass is 19.1. The molecule has 0 unspecified atom stereocenters. The number of carbonyl (C=O) groups is 2. The maximum absolute atomic E-state index is 13.8. The predicted molar refractivity (Wildman–Crippen MR) is 153 cm³/mol. The zero-order valence-electron chi connectivity index (χ0n) is 23.2.